The molecule has 20 heavy (non-hydrogen) atoms. The highest BCUT2D eigenvalue weighted by Gasteiger charge is 2.11. The largest absolute Gasteiger partial charge is 0.336 e. The molecule has 3 nitrogen and oxygen atoms in total. The van der Waals surface area contributed by atoms with Crippen LogP contribution in [-0.2, 0) is 0 Å². The minimum Gasteiger partial charge on any atom is -0.336 e. The lowest BCUT2D eigenvalue weighted by Crippen LogP contribution is -2.02. The van der Waals surface area contributed by atoms with Gasteiger partial charge in [0, 0.05) is 17.5 Å². The van der Waals surface area contributed by atoms with Gasteiger partial charge in [-0.2, -0.15) is 0 Å². The van der Waals surface area contributed by atoms with Crippen LogP contribution in [0.15, 0.2) is 48.7 Å². The lowest BCUT2D eigenvalue weighted by molar-refractivity contribution is 0.981. The van der Waals surface area contributed by atoms with Gasteiger partial charge in [-0.25, -0.2) is 0 Å². The summed E-state index contributed by atoms with van der Waals surface area (Å²) in [5.74, 6) is 0. The third-order valence-corrected chi connectivity index (χ3v) is 3.58. The van der Waals surface area contributed by atoms with Crippen LogP contribution in [0.4, 0.5) is 0 Å². The number of hydrogen-bond acceptors (Lipinski definition) is 2. The molecular formula is C16H15N3S. The Bertz CT molecular complexity index is 800. The second-order valence-electron chi connectivity index (χ2n) is 4.74. The first kappa shape index (κ1) is 12.8. The van der Waals surface area contributed by atoms with Crippen LogP contribution in [0.2, 0.25) is 0 Å². The Hall–Kier alpha value is -2.20. The van der Waals surface area contributed by atoms with Gasteiger partial charge in [0.1, 0.15) is 0 Å². The van der Waals surface area contributed by atoms with Crippen LogP contribution in [-0.4, -0.2) is 14.5 Å². The number of benzene rings is 1. The van der Waals surface area contributed by atoms with Crippen molar-refractivity contribution in [3.8, 4) is 16.9 Å². The molecule has 3 aromatic rings. The molecule has 0 aliphatic rings. The SMILES string of the molecule is Cc1ccc(-n2c(-c3ccccc3)c[nH]c2=S)c(C)n1. The molecular weight excluding hydrogens is 266 g/mol. The Labute approximate surface area is 122 Å². The van der Waals surface area contributed by atoms with Gasteiger partial charge in [-0.1, -0.05) is 30.3 Å². The van der Waals surface area contributed by atoms with E-state index in [1.54, 1.807) is 0 Å². The number of nitrogens with one attached hydrogen (secondary N) is 1. The molecule has 3 rings (SSSR count). The highest BCUT2D eigenvalue weighted by Crippen LogP contribution is 2.24. The molecule has 2 aromatic heterocycles. The normalized spacial score (nSPS) is 10.7. The van der Waals surface area contributed by atoms with Crippen LogP contribution in [0.1, 0.15) is 11.4 Å². The van der Waals surface area contributed by atoms with Crippen LogP contribution in [0.3, 0.4) is 0 Å². The van der Waals surface area contributed by atoms with Gasteiger partial charge in [-0.3, -0.25) is 9.55 Å². The van der Waals surface area contributed by atoms with E-state index in [0.29, 0.717) is 4.77 Å². The van der Waals surface area contributed by atoms with E-state index in [9.17, 15) is 0 Å². The smallest absolute Gasteiger partial charge is 0.182 e. The number of H-pyrrole nitrogens is 1. The zero-order valence-electron chi connectivity index (χ0n) is 11.4. The van der Waals surface area contributed by atoms with E-state index in [0.717, 1.165) is 28.3 Å². The van der Waals surface area contributed by atoms with Crippen LogP contribution >= 0.6 is 12.2 Å². The van der Waals surface area contributed by atoms with Gasteiger partial charge >= 0.3 is 0 Å². The Morgan fingerprint density at radius 2 is 1.80 bits per heavy atom. The first-order valence-electron chi connectivity index (χ1n) is 6.47. The average molecular weight is 281 g/mol. The van der Waals surface area contributed by atoms with E-state index in [2.05, 4.69) is 28.2 Å². The summed E-state index contributed by atoms with van der Waals surface area (Å²) < 4.78 is 2.71. The molecule has 0 fully saturated rings. The van der Waals surface area contributed by atoms with E-state index in [-0.39, 0.29) is 0 Å². The number of rotatable bonds is 2. The number of nitrogens with zero attached hydrogens (tertiary/aromatic N) is 2. The van der Waals surface area contributed by atoms with E-state index >= 15 is 0 Å². The second kappa shape index (κ2) is 5.06. The molecule has 1 aromatic carbocycles. The maximum Gasteiger partial charge on any atom is 0.182 e. The summed E-state index contributed by atoms with van der Waals surface area (Å²) in [6, 6.07) is 14.3. The van der Waals surface area contributed by atoms with Gasteiger partial charge in [0.05, 0.1) is 17.1 Å². The van der Waals surface area contributed by atoms with Crippen molar-refractivity contribution in [2.75, 3.05) is 0 Å². The summed E-state index contributed by atoms with van der Waals surface area (Å²) in [5.41, 5.74) is 5.16. The number of aromatic nitrogens is 3. The molecule has 0 radical (unpaired) electrons. The minimum atomic E-state index is 0.678. The molecule has 0 aliphatic heterocycles. The highest BCUT2D eigenvalue weighted by atomic mass is 32.1. The van der Waals surface area contributed by atoms with Gasteiger partial charge in [-0.15, -0.1) is 0 Å². The zero-order valence-corrected chi connectivity index (χ0v) is 12.2. The summed E-state index contributed by atoms with van der Waals surface area (Å²) in [6.45, 7) is 4.00. The van der Waals surface area contributed by atoms with Crippen molar-refractivity contribution >= 4 is 12.2 Å². The monoisotopic (exact) mass is 281 g/mol. The third-order valence-electron chi connectivity index (χ3n) is 3.28. The third kappa shape index (κ3) is 2.18. The number of aromatic amines is 1. The Kier molecular flexibility index (Phi) is 3.24. The summed E-state index contributed by atoms with van der Waals surface area (Å²) in [7, 11) is 0. The topological polar surface area (TPSA) is 33.6 Å². The van der Waals surface area contributed by atoms with Crippen molar-refractivity contribution in [2.45, 2.75) is 13.8 Å². The van der Waals surface area contributed by atoms with Crippen molar-refractivity contribution in [3.63, 3.8) is 0 Å². The lowest BCUT2D eigenvalue weighted by atomic mass is 10.1. The van der Waals surface area contributed by atoms with Gasteiger partial charge in [0.2, 0.25) is 0 Å². The van der Waals surface area contributed by atoms with Crippen LogP contribution in [0.25, 0.3) is 16.9 Å². The molecule has 0 saturated carbocycles. The molecule has 0 spiro atoms. The van der Waals surface area contributed by atoms with Crippen LogP contribution in [0, 0.1) is 18.6 Å². The highest BCUT2D eigenvalue weighted by molar-refractivity contribution is 7.71. The Morgan fingerprint density at radius 1 is 1.05 bits per heavy atom. The van der Waals surface area contributed by atoms with Gasteiger partial charge in [-0.05, 0) is 38.2 Å². The summed E-state index contributed by atoms with van der Waals surface area (Å²) in [5, 5.41) is 0. The standard InChI is InChI=1S/C16H15N3S/c1-11-8-9-14(12(2)18-11)19-15(10-17-16(19)20)13-6-4-3-5-7-13/h3-10H,1-2H3,(H,17,20). The molecule has 100 valence electrons. The summed E-state index contributed by atoms with van der Waals surface area (Å²) in [6.07, 6.45) is 1.94. The number of aryl methyl sites for hydroxylation is 2. The Balaban J connectivity index is 2.25. The fraction of sp³-hybridized carbons (Fsp3) is 0.125. The number of pyridine rings is 1. The number of hydrogen-bond donors (Lipinski definition) is 1. The summed E-state index contributed by atoms with van der Waals surface area (Å²) in [4.78, 5) is 7.65. The first-order chi connectivity index (χ1) is 9.66. The van der Waals surface area contributed by atoms with Gasteiger partial charge in [0.25, 0.3) is 0 Å². The van der Waals surface area contributed by atoms with Crippen LogP contribution < -0.4 is 0 Å². The minimum absolute atomic E-state index is 0.678. The van der Waals surface area contributed by atoms with E-state index < -0.39 is 0 Å². The second-order valence-corrected chi connectivity index (χ2v) is 5.12. The molecule has 4 heteroatoms. The zero-order chi connectivity index (χ0) is 14.1. The van der Waals surface area contributed by atoms with Crippen LogP contribution in [0.5, 0.6) is 0 Å². The molecule has 1 N–H and O–H groups in total. The van der Waals surface area contributed by atoms with Crippen molar-refractivity contribution in [2.24, 2.45) is 0 Å². The van der Waals surface area contributed by atoms with E-state index in [4.69, 9.17) is 12.2 Å². The molecule has 2 heterocycles. The summed E-state index contributed by atoms with van der Waals surface area (Å²) >= 11 is 5.43. The molecule has 0 bridgehead atoms. The molecule has 0 atom stereocenters. The van der Waals surface area contributed by atoms with Crippen molar-refractivity contribution in [1.29, 1.82) is 0 Å². The lowest BCUT2D eigenvalue weighted by Gasteiger charge is -2.11. The average Bonchev–Trinajstić information content (AvgIpc) is 2.82. The number of imidazole rings is 1. The fourth-order valence-electron chi connectivity index (χ4n) is 2.34. The maximum absolute atomic E-state index is 5.43. The van der Waals surface area contributed by atoms with Gasteiger partial charge in [0.15, 0.2) is 4.77 Å². The first-order valence-corrected chi connectivity index (χ1v) is 6.88. The quantitative estimate of drug-likeness (QED) is 0.714. The van der Waals surface area contributed by atoms with Crippen molar-refractivity contribution in [1.82, 2.24) is 14.5 Å². The Morgan fingerprint density at radius 3 is 2.50 bits per heavy atom. The predicted octanol–water partition coefficient (Wildman–Crippen LogP) is 4.21. The van der Waals surface area contributed by atoms with E-state index in [1.165, 1.54) is 0 Å². The van der Waals surface area contributed by atoms with Gasteiger partial charge < -0.3 is 4.98 Å². The molecule has 0 amide bonds. The maximum atomic E-state index is 5.43. The van der Waals surface area contributed by atoms with Crippen molar-refractivity contribution in [3.05, 3.63) is 64.8 Å². The molecule has 0 unspecified atom stereocenters. The molecule has 0 saturated heterocycles. The van der Waals surface area contributed by atoms with Crippen molar-refractivity contribution < 1.29 is 0 Å². The predicted molar refractivity (Wildman–Crippen MR) is 83.7 cm³/mol. The fourth-order valence-corrected chi connectivity index (χ4v) is 2.60. The van der Waals surface area contributed by atoms with E-state index in [1.807, 2.05) is 48.9 Å². The molecule has 0 aliphatic carbocycles.